The monoisotopic (exact) mass is 1460 g/mol. The Labute approximate surface area is 589 Å². The number of carboxylic acids is 4. The molecule has 2 saturated carbocycles. The van der Waals surface area contributed by atoms with Gasteiger partial charge in [0.05, 0.1) is 55.4 Å². The molecule has 6 heterocycles. The summed E-state index contributed by atoms with van der Waals surface area (Å²) >= 11 is 13.1. The van der Waals surface area contributed by atoms with Gasteiger partial charge in [0, 0.05) is 111 Å². The fourth-order valence-electron chi connectivity index (χ4n) is 12.4. The molecule has 2 saturated heterocycles. The SMILES string of the molecule is CN1CCN(C2CCC(n3nc(-c4ccc(NC(=O)c5ccc(C(F)(F)F)cc5)c(Cl)c4)c4c(N)ncnc43)CC2)CC1.CN1CCN(C2CCC(n3nc(-c4ccc(NC(=O)c5ccc(C(F)(F)F)cc5)c(Cl)c4)c4c(N)ncnc43)CC2)CC1.O=C(O)/C=C\C(=O)O.O=C(O)/C=C\C(=O)O. The Morgan fingerprint density at radius 1 is 0.461 bits per heavy atom. The van der Waals surface area contributed by atoms with Gasteiger partial charge in [0.2, 0.25) is 0 Å². The van der Waals surface area contributed by atoms with Gasteiger partial charge in [0.15, 0.2) is 11.3 Å². The first-order chi connectivity index (χ1) is 48.4. The van der Waals surface area contributed by atoms with Gasteiger partial charge in [-0.3, -0.25) is 19.4 Å². The van der Waals surface area contributed by atoms with Gasteiger partial charge in [-0.15, -0.1) is 0 Å². The lowest BCUT2D eigenvalue weighted by Crippen LogP contribution is -2.49. The minimum atomic E-state index is -4.48. The maximum atomic E-state index is 12.9. The minimum Gasteiger partial charge on any atom is -0.478 e. The Morgan fingerprint density at radius 3 is 1.05 bits per heavy atom. The van der Waals surface area contributed by atoms with E-state index in [0.29, 0.717) is 104 Å². The first-order valence-electron chi connectivity index (χ1n) is 32.1. The van der Waals surface area contributed by atoms with E-state index in [4.69, 9.17) is 65.3 Å². The molecular weight excluding hydrogens is 1390 g/mol. The smallest absolute Gasteiger partial charge is 0.416 e. The Hall–Kier alpha value is -10.1. The van der Waals surface area contributed by atoms with Crippen LogP contribution in [0, 0.1) is 0 Å². The highest BCUT2D eigenvalue weighted by Gasteiger charge is 2.35. The van der Waals surface area contributed by atoms with Crippen molar-refractivity contribution in [2.75, 3.05) is 88.6 Å². The van der Waals surface area contributed by atoms with Gasteiger partial charge in [-0.05, 0) is 138 Å². The number of benzene rings is 4. The largest absolute Gasteiger partial charge is 0.478 e. The number of carbonyl (C=O) groups excluding carboxylic acids is 2. The van der Waals surface area contributed by atoms with Crippen LogP contribution < -0.4 is 22.1 Å². The first-order valence-corrected chi connectivity index (χ1v) is 32.8. The summed E-state index contributed by atoms with van der Waals surface area (Å²) in [6.07, 6.45) is 4.43. The van der Waals surface area contributed by atoms with E-state index in [9.17, 15) is 55.1 Å². The third-order valence-electron chi connectivity index (χ3n) is 17.8. The first kappa shape index (κ1) is 76.1. The third-order valence-corrected chi connectivity index (χ3v) is 18.5. The van der Waals surface area contributed by atoms with Gasteiger partial charge < -0.3 is 52.3 Å². The number of carbonyl (C=O) groups is 6. The van der Waals surface area contributed by atoms with Gasteiger partial charge >= 0.3 is 36.2 Å². The summed E-state index contributed by atoms with van der Waals surface area (Å²) in [5.41, 5.74) is 15.6. The molecule has 0 atom stereocenters. The summed E-state index contributed by atoms with van der Waals surface area (Å²) < 4.78 is 81.2. The molecule has 0 bridgehead atoms. The predicted molar refractivity (Wildman–Crippen MR) is 369 cm³/mol. The molecule has 4 aliphatic rings. The highest BCUT2D eigenvalue weighted by atomic mass is 35.5. The van der Waals surface area contributed by atoms with E-state index in [1.807, 2.05) is 9.36 Å². The number of fused-ring (bicyclic) bond motifs is 2. The normalized spacial score (nSPS) is 18.7. The van der Waals surface area contributed by atoms with E-state index in [-0.39, 0.29) is 33.3 Å². The summed E-state index contributed by atoms with van der Waals surface area (Å²) in [7, 11) is 4.34. The van der Waals surface area contributed by atoms with Crippen molar-refractivity contribution in [3.05, 3.63) is 154 Å². The van der Waals surface area contributed by atoms with E-state index in [1.165, 1.54) is 12.7 Å². The van der Waals surface area contributed by atoms with Crippen LogP contribution in [0.3, 0.4) is 0 Å². The van der Waals surface area contributed by atoms with Crippen LogP contribution in [0.15, 0.2) is 122 Å². The molecule has 10 N–H and O–H groups in total. The zero-order valence-electron chi connectivity index (χ0n) is 55.0. The van der Waals surface area contributed by atoms with Crippen molar-refractivity contribution in [3.63, 3.8) is 0 Å². The molecule has 2 amide bonds. The molecule has 4 fully saturated rings. The number of rotatable bonds is 14. The van der Waals surface area contributed by atoms with Gasteiger partial charge in [-0.2, -0.15) is 36.5 Å². The standard InChI is InChI=1S/2C30H32ClF3N8O.2C4H4O4/c2*1-40-12-14-41(15-13-40)21-7-9-22(10-8-21)42-28-25(27(35)36-17-37-28)26(39-42)19-4-11-24(23(31)16-19)38-29(43)18-2-5-20(6-3-18)30(32,33)34;2*5-3(6)1-2-4(7)8/h2*2-6,11,16-17,21-22H,7-10,12-15H2,1H3,(H,38,43)(H2,35,36,37);2*1-2H,(H,5,6)(H,7,8)/b;;2*2-1-. The second-order valence-electron chi connectivity index (χ2n) is 24.6. The number of aromatic nitrogens is 8. The van der Waals surface area contributed by atoms with E-state index >= 15 is 0 Å². The summed E-state index contributed by atoms with van der Waals surface area (Å²) in [5.74, 6) is -5.56. The number of aliphatic carboxylic acids is 4. The second kappa shape index (κ2) is 33.6. The molecule has 34 heteroatoms. The fraction of sp³-hybridized carbons (Fsp3) is 0.353. The van der Waals surface area contributed by atoms with Crippen LogP contribution >= 0.6 is 23.2 Å². The predicted octanol–water partition coefficient (Wildman–Crippen LogP) is 10.9. The lowest BCUT2D eigenvalue weighted by molar-refractivity contribution is -0.138. The summed E-state index contributed by atoms with van der Waals surface area (Å²) in [5, 5.41) is 48.3. The van der Waals surface area contributed by atoms with Gasteiger partial charge in [-0.1, -0.05) is 35.3 Å². The lowest BCUT2D eigenvalue weighted by Gasteiger charge is -2.41. The van der Waals surface area contributed by atoms with Crippen LogP contribution in [0.4, 0.5) is 49.4 Å². The lowest BCUT2D eigenvalue weighted by atomic mass is 9.90. The number of nitrogen functional groups attached to an aromatic ring is 2. The average molecular weight is 1460 g/mol. The molecule has 8 aromatic rings. The Bertz CT molecular complexity index is 4080. The number of amides is 2. The van der Waals surface area contributed by atoms with Crippen molar-refractivity contribution < 1.29 is 75.5 Å². The van der Waals surface area contributed by atoms with Crippen molar-refractivity contribution in [2.24, 2.45) is 0 Å². The van der Waals surface area contributed by atoms with Gasteiger partial charge in [-0.25, -0.2) is 48.5 Å². The molecule has 0 spiro atoms. The molecule has 0 radical (unpaired) electrons. The quantitative estimate of drug-likeness (QED) is 0.0370. The van der Waals surface area contributed by atoms with Crippen molar-refractivity contribution in [1.29, 1.82) is 0 Å². The zero-order valence-corrected chi connectivity index (χ0v) is 56.5. The Morgan fingerprint density at radius 2 is 0.765 bits per heavy atom. The average Bonchev–Trinajstić information content (AvgIpc) is 1.61. The molecule has 0 unspecified atom stereocenters. The van der Waals surface area contributed by atoms with Crippen LogP contribution in [-0.2, 0) is 31.5 Å². The van der Waals surface area contributed by atoms with Crippen LogP contribution in [0.5, 0.6) is 0 Å². The number of nitrogens with zero attached hydrogens (tertiary/aromatic N) is 12. The van der Waals surface area contributed by atoms with Crippen molar-refractivity contribution in [3.8, 4) is 22.5 Å². The number of hydrogen-bond donors (Lipinski definition) is 8. The van der Waals surface area contributed by atoms with E-state index < -0.39 is 59.2 Å². The van der Waals surface area contributed by atoms with Gasteiger partial charge in [0.1, 0.15) is 35.7 Å². The number of piperazine rings is 2. The third kappa shape index (κ3) is 19.7. The number of alkyl halides is 6. The minimum absolute atomic E-state index is 0.0742. The molecule has 4 aromatic heterocycles. The Balaban J connectivity index is 0.000000195. The zero-order chi connectivity index (χ0) is 73.7. The van der Waals surface area contributed by atoms with E-state index in [2.05, 4.69) is 64.3 Å². The fourth-order valence-corrected chi connectivity index (χ4v) is 12.9. The number of carboxylic acid groups (broad SMARTS) is 4. The van der Waals surface area contributed by atoms with Crippen molar-refractivity contribution in [1.82, 2.24) is 59.1 Å². The van der Waals surface area contributed by atoms with Crippen LogP contribution in [0.2, 0.25) is 10.0 Å². The molecule has 4 aromatic carbocycles. The summed E-state index contributed by atoms with van der Waals surface area (Å²) in [6.45, 7) is 8.81. The number of nitrogens with one attached hydrogen (secondary N) is 2. The number of likely N-dealkylation sites (N-methyl/N-ethyl adjacent to an activating group) is 2. The maximum absolute atomic E-state index is 12.9. The maximum Gasteiger partial charge on any atom is 0.416 e. The molecule has 26 nitrogen and oxygen atoms in total. The Kier molecular flexibility index (Phi) is 25.0. The van der Waals surface area contributed by atoms with Crippen LogP contribution in [0.25, 0.3) is 44.6 Å². The van der Waals surface area contributed by atoms with Crippen LogP contribution in [-0.4, -0.2) is 194 Å². The highest BCUT2D eigenvalue weighted by Crippen LogP contribution is 2.42. The van der Waals surface area contributed by atoms with E-state index in [0.717, 1.165) is 152 Å². The van der Waals surface area contributed by atoms with Gasteiger partial charge in [0.25, 0.3) is 11.8 Å². The summed E-state index contributed by atoms with van der Waals surface area (Å²) in [6, 6.07) is 19.6. The number of halogens is 8. The van der Waals surface area contributed by atoms with Crippen molar-refractivity contribution >= 4 is 104 Å². The number of nitrogens with two attached hydrogens (primary N) is 2. The molecule has 102 heavy (non-hydrogen) atoms. The highest BCUT2D eigenvalue weighted by molar-refractivity contribution is 6.35. The molecule has 540 valence electrons. The number of hydrogen-bond acceptors (Lipinski definition) is 18. The molecule has 2 aliphatic carbocycles. The van der Waals surface area contributed by atoms with E-state index in [1.54, 1.807) is 36.4 Å². The number of anilines is 4. The topological polar surface area (TPSA) is 360 Å². The molecular formula is C68H72Cl2F6N16O10. The van der Waals surface area contributed by atoms with Crippen molar-refractivity contribution in [2.45, 2.75) is 87.9 Å². The van der Waals surface area contributed by atoms with Crippen LogP contribution in [0.1, 0.15) is 95.3 Å². The second-order valence-corrected chi connectivity index (χ2v) is 25.4. The molecule has 2 aliphatic heterocycles. The molecule has 12 rings (SSSR count). The summed E-state index contributed by atoms with van der Waals surface area (Å²) in [4.78, 5) is 91.1.